The number of allylic oxidation sites excluding steroid dienone is 10. The molecule has 1 aromatic heterocycles. The number of aromatic nitrogens is 1. The highest BCUT2D eigenvalue weighted by Crippen LogP contribution is 2.09. The molecule has 1 aliphatic rings. The zero-order valence-electron chi connectivity index (χ0n) is 26.4. The molecule has 6 nitrogen and oxygen atoms in total. The van der Waals surface area contributed by atoms with E-state index in [9.17, 15) is 9.59 Å². The predicted octanol–water partition coefficient (Wildman–Crippen LogP) is 7.28. The molecule has 2 amide bonds. The number of likely N-dealkylation sites (tertiary alicyclic amines) is 1. The van der Waals surface area contributed by atoms with Gasteiger partial charge in [-0.2, -0.15) is 0 Å². The summed E-state index contributed by atoms with van der Waals surface area (Å²) in [4.78, 5) is 31.1. The van der Waals surface area contributed by atoms with E-state index in [1.165, 1.54) is 25.9 Å². The number of amides is 2. The van der Waals surface area contributed by atoms with Gasteiger partial charge in [0.25, 0.3) is 0 Å². The van der Waals surface area contributed by atoms with Gasteiger partial charge >= 0.3 is 0 Å². The Bertz CT molecular complexity index is 1060. The minimum Gasteiger partial charge on any atom is -0.354 e. The van der Waals surface area contributed by atoms with Crippen LogP contribution >= 0.6 is 0 Å². The lowest BCUT2D eigenvalue weighted by Gasteiger charge is -2.13. The highest BCUT2D eigenvalue weighted by molar-refractivity contribution is 5.78. The topological polar surface area (TPSA) is 74.3 Å². The summed E-state index contributed by atoms with van der Waals surface area (Å²) in [5, 5.41) is 5.73. The van der Waals surface area contributed by atoms with Gasteiger partial charge in [-0.05, 0) is 82.5 Å². The van der Waals surface area contributed by atoms with Crippen molar-refractivity contribution in [1.29, 1.82) is 0 Å². The van der Waals surface area contributed by atoms with Crippen molar-refractivity contribution in [3.05, 3.63) is 96.4 Å². The monoisotopic (exact) mass is 586 g/mol. The lowest BCUT2D eigenvalue weighted by Crippen LogP contribution is -2.34. The minimum atomic E-state index is -0.0564. The van der Waals surface area contributed by atoms with Gasteiger partial charge in [0.05, 0.1) is 0 Å². The van der Waals surface area contributed by atoms with Crippen molar-refractivity contribution in [1.82, 2.24) is 20.5 Å². The molecular weight excluding hydrogens is 532 g/mol. The number of nitrogens with zero attached hydrogens (tertiary/aromatic N) is 2. The first-order valence-electron chi connectivity index (χ1n) is 16.3. The van der Waals surface area contributed by atoms with Gasteiger partial charge in [-0.1, -0.05) is 85.9 Å². The van der Waals surface area contributed by atoms with E-state index in [1.807, 2.05) is 18.3 Å². The summed E-state index contributed by atoms with van der Waals surface area (Å²) in [6, 6.07) is 4.12. The number of rotatable bonds is 22. The van der Waals surface area contributed by atoms with Crippen molar-refractivity contribution < 1.29 is 9.59 Å². The van der Waals surface area contributed by atoms with Crippen molar-refractivity contribution >= 4 is 17.9 Å². The molecule has 1 saturated heterocycles. The largest absolute Gasteiger partial charge is 0.354 e. The van der Waals surface area contributed by atoms with Crippen LogP contribution in [0.25, 0.3) is 6.08 Å². The van der Waals surface area contributed by atoms with Gasteiger partial charge in [-0.15, -0.1) is 0 Å². The molecule has 0 aliphatic carbocycles. The molecule has 0 spiro atoms. The number of unbranched alkanes of at least 4 members (excludes halogenated alkanes) is 1. The molecule has 0 saturated carbocycles. The lowest BCUT2D eigenvalue weighted by atomic mass is 10.2. The SMILES string of the molecule is CCC=CCC=CCC=CCC=CCC=CCCCC(=O)NCCNC(=O)C/C=C/c1ccc(CCN2CCCC2)nc1. The second-order valence-corrected chi connectivity index (χ2v) is 10.8. The third-order valence-corrected chi connectivity index (χ3v) is 7.05. The highest BCUT2D eigenvalue weighted by atomic mass is 16.2. The first kappa shape index (κ1) is 35.7. The molecule has 1 aliphatic heterocycles. The van der Waals surface area contributed by atoms with Gasteiger partial charge in [0.2, 0.25) is 11.8 Å². The Morgan fingerprint density at radius 2 is 1.40 bits per heavy atom. The number of hydrogen-bond donors (Lipinski definition) is 2. The van der Waals surface area contributed by atoms with E-state index in [4.69, 9.17) is 0 Å². The normalized spacial score (nSPS) is 14.5. The van der Waals surface area contributed by atoms with E-state index in [2.05, 4.69) is 100 Å². The molecular formula is C37H54N4O2. The van der Waals surface area contributed by atoms with Crippen molar-refractivity contribution in [2.45, 2.75) is 84.0 Å². The van der Waals surface area contributed by atoms with E-state index in [0.29, 0.717) is 25.9 Å². The lowest BCUT2D eigenvalue weighted by molar-refractivity contribution is -0.122. The van der Waals surface area contributed by atoms with Crippen LogP contribution in [0.1, 0.15) is 88.8 Å². The predicted molar refractivity (Wildman–Crippen MR) is 182 cm³/mol. The number of carbonyl (C=O) groups excluding carboxylic acids is 2. The number of pyridine rings is 1. The zero-order valence-corrected chi connectivity index (χ0v) is 26.4. The van der Waals surface area contributed by atoms with E-state index in [0.717, 1.165) is 69.2 Å². The summed E-state index contributed by atoms with van der Waals surface area (Å²) in [7, 11) is 0. The maximum Gasteiger partial charge on any atom is 0.223 e. The average molecular weight is 587 g/mol. The quantitative estimate of drug-likeness (QED) is 0.111. The summed E-state index contributed by atoms with van der Waals surface area (Å²) >= 11 is 0. The third kappa shape index (κ3) is 20.1. The van der Waals surface area contributed by atoms with Crippen LogP contribution < -0.4 is 10.6 Å². The summed E-state index contributed by atoms with van der Waals surface area (Å²) in [5.41, 5.74) is 2.10. The van der Waals surface area contributed by atoms with Crippen LogP contribution in [-0.4, -0.2) is 54.4 Å². The Kier molecular flexibility index (Phi) is 20.8. The van der Waals surface area contributed by atoms with E-state index in [-0.39, 0.29) is 11.8 Å². The molecule has 2 rings (SSSR count). The molecule has 1 fully saturated rings. The van der Waals surface area contributed by atoms with Gasteiger partial charge in [0.1, 0.15) is 0 Å². The van der Waals surface area contributed by atoms with Crippen LogP contribution in [-0.2, 0) is 16.0 Å². The molecule has 0 aromatic carbocycles. The Morgan fingerprint density at radius 3 is 2.00 bits per heavy atom. The number of carbonyl (C=O) groups is 2. The van der Waals surface area contributed by atoms with Crippen molar-refractivity contribution in [2.75, 3.05) is 32.7 Å². The van der Waals surface area contributed by atoms with Crippen LogP contribution in [0.15, 0.2) is 85.2 Å². The molecule has 43 heavy (non-hydrogen) atoms. The fourth-order valence-electron chi connectivity index (χ4n) is 4.58. The second-order valence-electron chi connectivity index (χ2n) is 10.8. The van der Waals surface area contributed by atoms with E-state index in [1.54, 1.807) is 0 Å². The van der Waals surface area contributed by atoms with Gasteiger partial charge < -0.3 is 15.5 Å². The summed E-state index contributed by atoms with van der Waals surface area (Å²) in [6.07, 6.45) is 38.6. The van der Waals surface area contributed by atoms with Gasteiger partial charge in [0, 0.05) is 50.8 Å². The van der Waals surface area contributed by atoms with Crippen LogP contribution in [0.3, 0.4) is 0 Å². The first-order chi connectivity index (χ1) is 21.2. The molecule has 234 valence electrons. The smallest absolute Gasteiger partial charge is 0.223 e. The Morgan fingerprint density at radius 1 is 0.791 bits per heavy atom. The maximum atomic E-state index is 12.1. The summed E-state index contributed by atoms with van der Waals surface area (Å²) in [6.45, 7) is 6.52. The van der Waals surface area contributed by atoms with Gasteiger partial charge in [-0.3, -0.25) is 14.6 Å². The van der Waals surface area contributed by atoms with Crippen LogP contribution in [0, 0.1) is 0 Å². The standard InChI is InChI=1S/C37H54N4O2/c1-2-3-4-5-6-7-8-9-10-11-12-13-14-15-16-17-18-23-36(42)38-28-29-39-37(43)24-21-22-34-25-26-35(40-33-34)27-32-41-30-19-20-31-41/h3-4,6-7,9-10,12-13,15-16,21-22,25-26,33H,2,5,8,11,14,17-20,23-24,27-32H2,1H3,(H,38,42)(H,39,43)/b4-3?,7-6?,10-9?,13-12?,16-15?,22-21+. The molecule has 2 N–H and O–H groups in total. The fraction of sp³-hybridized carbons (Fsp3) is 0.486. The Hall–Kier alpha value is -3.51. The average Bonchev–Trinajstić information content (AvgIpc) is 3.54. The molecule has 0 atom stereocenters. The maximum absolute atomic E-state index is 12.1. The molecule has 0 unspecified atom stereocenters. The van der Waals surface area contributed by atoms with Gasteiger partial charge in [-0.25, -0.2) is 0 Å². The fourth-order valence-corrected chi connectivity index (χ4v) is 4.58. The molecule has 0 radical (unpaired) electrons. The van der Waals surface area contributed by atoms with E-state index >= 15 is 0 Å². The molecule has 0 bridgehead atoms. The van der Waals surface area contributed by atoms with Gasteiger partial charge in [0.15, 0.2) is 0 Å². The van der Waals surface area contributed by atoms with Crippen LogP contribution in [0.5, 0.6) is 0 Å². The highest BCUT2D eigenvalue weighted by Gasteiger charge is 2.11. The van der Waals surface area contributed by atoms with Crippen molar-refractivity contribution in [3.8, 4) is 0 Å². The first-order valence-corrected chi connectivity index (χ1v) is 16.3. The second kappa shape index (κ2) is 25.0. The van der Waals surface area contributed by atoms with Crippen molar-refractivity contribution in [3.63, 3.8) is 0 Å². The Labute approximate surface area is 260 Å². The van der Waals surface area contributed by atoms with Crippen LogP contribution in [0.4, 0.5) is 0 Å². The summed E-state index contributed by atoms with van der Waals surface area (Å²) < 4.78 is 0. The summed E-state index contributed by atoms with van der Waals surface area (Å²) in [5.74, 6) is -0.0306. The third-order valence-electron chi connectivity index (χ3n) is 7.05. The van der Waals surface area contributed by atoms with Crippen LogP contribution in [0.2, 0.25) is 0 Å². The minimum absolute atomic E-state index is 0.0258. The van der Waals surface area contributed by atoms with E-state index < -0.39 is 0 Å². The molecule has 6 heteroatoms. The molecule has 1 aromatic rings. The Balaban J connectivity index is 1.41. The molecule has 2 heterocycles. The zero-order chi connectivity index (χ0) is 30.6. The number of nitrogens with one attached hydrogen (secondary N) is 2. The van der Waals surface area contributed by atoms with Crippen molar-refractivity contribution in [2.24, 2.45) is 0 Å². The number of hydrogen-bond acceptors (Lipinski definition) is 4.